The lowest BCUT2D eigenvalue weighted by Crippen LogP contribution is -2.39. The summed E-state index contributed by atoms with van der Waals surface area (Å²) in [4.78, 5) is 2.58. The lowest BCUT2D eigenvalue weighted by molar-refractivity contribution is 0.256. The van der Waals surface area contributed by atoms with Crippen LogP contribution in [0.25, 0.3) is 5.69 Å². The predicted molar refractivity (Wildman–Crippen MR) is 104 cm³/mol. The molecule has 0 aliphatic carbocycles. The van der Waals surface area contributed by atoms with E-state index in [2.05, 4.69) is 21.5 Å². The highest BCUT2D eigenvalue weighted by Gasteiger charge is 2.28. The number of rotatable bonds is 4. The van der Waals surface area contributed by atoms with Crippen LogP contribution in [0.5, 0.6) is 5.75 Å². The molecule has 5 rings (SSSR count). The highest BCUT2D eigenvalue weighted by atomic mass is 35.5. The van der Waals surface area contributed by atoms with Crippen molar-refractivity contribution < 1.29 is 4.74 Å². The number of nitrogens with zero attached hydrogens (tertiary/aromatic N) is 3. The average Bonchev–Trinajstić information content (AvgIpc) is 2.85. The van der Waals surface area contributed by atoms with Gasteiger partial charge in [0.15, 0.2) is 0 Å². The lowest BCUT2D eigenvalue weighted by atomic mass is 9.97. The first-order valence-electron chi connectivity index (χ1n) is 8.44. The molecule has 0 saturated carbocycles. The quantitative estimate of drug-likeness (QED) is 0.879. The number of hydrogen-bond donors (Lipinski definition) is 1. The largest absolute Gasteiger partial charge is 0.494 e. The SMILES string of the molecule is COc1ccccc1-n1cc(CN2C[C@H]3CC[C@@H](C2)NC3)cn1.Cl.Cl. The van der Waals surface area contributed by atoms with Gasteiger partial charge >= 0.3 is 0 Å². The topological polar surface area (TPSA) is 42.3 Å². The molecule has 1 aromatic carbocycles. The van der Waals surface area contributed by atoms with E-state index in [9.17, 15) is 0 Å². The number of piperidine rings is 1. The number of benzene rings is 1. The second kappa shape index (κ2) is 8.90. The van der Waals surface area contributed by atoms with Crippen LogP contribution in [0.4, 0.5) is 0 Å². The van der Waals surface area contributed by atoms with Gasteiger partial charge in [0.2, 0.25) is 0 Å². The molecular formula is C18H26Cl2N4O. The van der Waals surface area contributed by atoms with Gasteiger partial charge in [0.05, 0.1) is 13.3 Å². The number of fused-ring (bicyclic) bond motifs is 4. The van der Waals surface area contributed by atoms with Crippen molar-refractivity contribution in [3.63, 3.8) is 0 Å². The third kappa shape index (κ3) is 4.47. The van der Waals surface area contributed by atoms with E-state index in [1.165, 1.54) is 31.5 Å². The second-order valence-electron chi connectivity index (χ2n) is 6.71. The van der Waals surface area contributed by atoms with Crippen LogP contribution in [0.2, 0.25) is 0 Å². The Bertz CT molecular complexity index is 657. The van der Waals surface area contributed by atoms with E-state index in [4.69, 9.17) is 4.74 Å². The molecule has 2 aromatic rings. The molecule has 3 saturated heterocycles. The minimum absolute atomic E-state index is 0. The zero-order valence-corrected chi connectivity index (χ0v) is 16.1. The summed E-state index contributed by atoms with van der Waals surface area (Å²) < 4.78 is 7.35. The van der Waals surface area contributed by atoms with E-state index in [0.29, 0.717) is 6.04 Å². The summed E-state index contributed by atoms with van der Waals surface area (Å²) in [5.41, 5.74) is 2.25. The molecular weight excluding hydrogens is 359 g/mol. The van der Waals surface area contributed by atoms with Crippen LogP contribution in [0.15, 0.2) is 36.7 Å². The van der Waals surface area contributed by atoms with Crippen molar-refractivity contribution in [2.45, 2.75) is 25.4 Å². The first-order chi connectivity index (χ1) is 11.3. The van der Waals surface area contributed by atoms with Gasteiger partial charge in [-0.25, -0.2) is 4.68 Å². The van der Waals surface area contributed by atoms with Gasteiger partial charge < -0.3 is 10.1 Å². The molecule has 3 aliphatic heterocycles. The van der Waals surface area contributed by atoms with Crippen LogP contribution < -0.4 is 10.1 Å². The minimum Gasteiger partial charge on any atom is -0.494 e. The first-order valence-corrected chi connectivity index (χ1v) is 8.44. The average molecular weight is 385 g/mol. The second-order valence-corrected chi connectivity index (χ2v) is 6.71. The maximum Gasteiger partial charge on any atom is 0.144 e. The maximum atomic E-state index is 5.43. The number of halogens is 2. The Morgan fingerprint density at radius 1 is 1.20 bits per heavy atom. The Labute approximate surface area is 161 Å². The number of methoxy groups -OCH3 is 1. The van der Waals surface area contributed by atoms with Crippen LogP contribution in [0.3, 0.4) is 0 Å². The van der Waals surface area contributed by atoms with Crippen molar-refractivity contribution in [2.75, 3.05) is 26.7 Å². The molecule has 7 heteroatoms. The van der Waals surface area contributed by atoms with Gasteiger partial charge in [-0.15, -0.1) is 24.8 Å². The highest BCUT2D eigenvalue weighted by molar-refractivity contribution is 5.85. The van der Waals surface area contributed by atoms with Crippen LogP contribution >= 0.6 is 24.8 Å². The first kappa shape index (κ1) is 20.0. The summed E-state index contributed by atoms with van der Waals surface area (Å²) in [5, 5.41) is 8.20. The fourth-order valence-electron chi connectivity index (χ4n) is 3.82. The van der Waals surface area contributed by atoms with E-state index in [1.807, 2.05) is 35.1 Å². The molecule has 3 fully saturated rings. The predicted octanol–water partition coefficient (Wildman–Crippen LogP) is 2.91. The van der Waals surface area contributed by atoms with Crippen LogP contribution in [0, 0.1) is 5.92 Å². The van der Waals surface area contributed by atoms with Crippen molar-refractivity contribution in [1.29, 1.82) is 0 Å². The summed E-state index contributed by atoms with van der Waals surface area (Å²) in [6, 6.07) is 8.66. The van der Waals surface area contributed by atoms with Crippen molar-refractivity contribution >= 4 is 24.8 Å². The molecule has 0 radical (unpaired) electrons. The molecule has 5 nitrogen and oxygen atoms in total. The number of hydrogen-bond acceptors (Lipinski definition) is 4. The lowest BCUT2D eigenvalue weighted by Gasteiger charge is -2.23. The summed E-state index contributed by atoms with van der Waals surface area (Å²) in [6.07, 6.45) is 6.79. The molecule has 0 amide bonds. The van der Waals surface area contributed by atoms with Crippen LogP contribution in [-0.2, 0) is 6.54 Å². The van der Waals surface area contributed by atoms with Gasteiger partial charge in [0.1, 0.15) is 11.4 Å². The fourth-order valence-corrected chi connectivity index (χ4v) is 3.82. The molecule has 0 unspecified atom stereocenters. The summed E-state index contributed by atoms with van der Waals surface area (Å²) in [5.74, 6) is 1.65. The van der Waals surface area contributed by atoms with E-state index in [0.717, 1.165) is 30.4 Å². The summed E-state index contributed by atoms with van der Waals surface area (Å²) >= 11 is 0. The molecule has 2 bridgehead atoms. The Kier molecular flexibility index (Phi) is 7.14. The molecule has 0 spiro atoms. The molecule has 3 aliphatic rings. The molecule has 2 atom stereocenters. The third-order valence-electron chi connectivity index (χ3n) is 4.99. The zero-order valence-electron chi connectivity index (χ0n) is 14.4. The van der Waals surface area contributed by atoms with E-state index < -0.39 is 0 Å². The van der Waals surface area contributed by atoms with Gasteiger partial charge in [-0.3, -0.25) is 4.90 Å². The monoisotopic (exact) mass is 384 g/mol. The maximum absolute atomic E-state index is 5.43. The molecule has 1 aromatic heterocycles. The highest BCUT2D eigenvalue weighted by Crippen LogP contribution is 2.24. The Balaban J connectivity index is 0.00000113. The van der Waals surface area contributed by atoms with Gasteiger partial charge in [-0.05, 0) is 37.4 Å². The number of ether oxygens (including phenoxy) is 1. The Hall–Kier alpha value is -1.27. The minimum atomic E-state index is 0. The smallest absolute Gasteiger partial charge is 0.144 e. The zero-order chi connectivity index (χ0) is 15.6. The molecule has 4 heterocycles. The van der Waals surface area contributed by atoms with E-state index in [1.54, 1.807) is 7.11 Å². The normalized spacial score (nSPS) is 22.6. The van der Waals surface area contributed by atoms with Gasteiger partial charge in [0, 0.05) is 37.4 Å². The molecule has 1 N–H and O–H groups in total. The van der Waals surface area contributed by atoms with Crippen molar-refractivity contribution in [3.8, 4) is 11.4 Å². The standard InChI is InChI=1S/C18H24N4O.2ClH/c1-23-18-5-3-2-4-17(18)22-12-15(9-20-22)11-21-10-14-6-7-16(13-21)19-8-14;;/h2-5,9,12,14,16,19H,6-8,10-11,13H2,1H3;2*1H/t14-,16-;;/m0../s1. The Morgan fingerprint density at radius 3 is 2.80 bits per heavy atom. The summed E-state index contributed by atoms with van der Waals surface area (Å²) in [6.45, 7) is 4.51. The number of para-hydroxylation sites is 2. The molecule has 138 valence electrons. The summed E-state index contributed by atoms with van der Waals surface area (Å²) in [7, 11) is 1.70. The fraction of sp³-hybridized carbons (Fsp3) is 0.500. The van der Waals surface area contributed by atoms with Gasteiger partial charge in [-0.2, -0.15) is 5.10 Å². The van der Waals surface area contributed by atoms with Crippen LogP contribution in [0.1, 0.15) is 18.4 Å². The van der Waals surface area contributed by atoms with E-state index >= 15 is 0 Å². The number of aromatic nitrogens is 2. The van der Waals surface area contributed by atoms with Gasteiger partial charge in [0.25, 0.3) is 0 Å². The third-order valence-corrected chi connectivity index (χ3v) is 4.99. The Morgan fingerprint density at radius 2 is 2.04 bits per heavy atom. The van der Waals surface area contributed by atoms with E-state index in [-0.39, 0.29) is 24.8 Å². The van der Waals surface area contributed by atoms with Gasteiger partial charge in [-0.1, -0.05) is 12.1 Å². The van der Waals surface area contributed by atoms with Crippen molar-refractivity contribution in [1.82, 2.24) is 20.0 Å². The van der Waals surface area contributed by atoms with Crippen molar-refractivity contribution in [3.05, 3.63) is 42.2 Å². The van der Waals surface area contributed by atoms with Crippen molar-refractivity contribution in [2.24, 2.45) is 5.92 Å². The molecule has 25 heavy (non-hydrogen) atoms. The van der Waals surface area contributed by atoms with Crippen LogP contribution in [-0.4, -0.2) is 47.5 Å². The number of nitrogens with one attached hydrogen (secondary N) is 1.